The fraction of sp³-hybridized carbons (Fsp3) is 0.667. The van der Waals surface area contributed by atoms with E-state index in [1.165, 1.54) is 31.5 Å². The first kappa shape index (κ1) is 21.8. The maximum atomic E-state index is 12.7. The topological polar surface area (TPSA) is 67.2 Å². The number of rotatable bonds is 9. The molecule has 1 aliphatic rings. The van der Waals surface area contributed by atoms with Gasteiger partial charge in [-0.15, -0.1) is 0 Å². The lowest BCUT2D eigenvalue weighted by molar-refractivity contribution is 0.0897. The number of aromatic nitrogens is 2. The van der Waals surface area contributed by atoms with Gasteiger partial charge in [0.05, 0.1) is 23.7 Å². The minimum Gasteiger partial charge on any atom is -0.394 e. The smallest absolute Gasteiger partial charge is 0.251 e. The van der Waals surface area contributed by atoms with Gasteiger partial charge in [-0.25, -0.2) is 4.98 Å². The van der Waals surface area contributed by atoms with E-state index < -0.39 is 0 Å². The number of benzene rings is 1. The van der Waals surface area contributed by atoms with Gasteiger partial charge >= 0.3 is 0 Å². The van der Waals surface area contributed by atoms with Crippen molar-refractivity contribution in [1.29, 1.82) is 0 Å². The van der Waals surface area contributed by atoms with E-state index in [4.69, 9.17) is 4.98 Å². The summed E-state index contributed by atoms with van der Waals surface area (Å²) in [5.41, 5.74) is 2.65. The zero-order valence-corrected chi connectivity index (χ0v) is 18.4. The van der Waals surface area contributed by atoms with Crippen molar-refractivity contribution in [2.24, 2.45) is 11.8 Å². The van der Waals surface area contributed by atoms with Crippen molar-refractivity contribution in [2.75, 3.05) is 6.61 Å². The predicted octanol–water partition coefficient (Wildman–Crippen LogP) is 4.88. The number of amides is 1. The maximum Gasteiger partial charge on any atom is 0.251 e. The molecular formula is C24H37N3O2. The number of aliphatic hydroxyl groups excluding tert-OH is 1. The van der Waals surface area contributed by atoms with Crippen LogP contribution in [0.25, 0.3) is 11.0 Å². The molecule has 1 atom stereocenters. The molecule has 2 N–H and O–H groups in total. The number of imidazole rings is 1. The first-order chi connectivity index (χ1) is 14.0. The molecule has 0 spiro atoms. The molecule has 0 unspecified atom stereocenters. The van der Waals surface area contributed by atoms with Crippen LogP contribution in [-0.4, -0.2) is 33.2 Å². The molecule has 0 saturated heterocycles. The second-order valence-electron chi connectivity index (χ2n) is 8.93. The molecule has 1 aromatic carbocycles. The Labute approximate surface area is 174 Å². The van der Waals surface area contributed by atoms with E-state index in [9.17, 15) is 9.90 Å². The highest BCUT2D eigenvalue weighted by Crippen LogP contribution is 2.32. The number of carbonyl (C=O) groups is 1. The van der Waals surface area contributed by atoms with Crippen LogP contribution in [0.5, 0.6) is 0 Å². The predicted molar refractivity (Wildman–Crippen MR) is 118 cm³/mol. The Kier molecular flexibility index (Phi) is 7.33. The van der Waals surface area contributed by atoms with Gasteiger partial charge in [-0.05, 0) is 42.9 Å². The number of carbonyl (C=O) groups excluding carboxylic acids is 1. The number of nitrogens with zero attached hydrogens (tertiary/aromatic N) is 2. The zero-order chi connectivity index (χ0) is 21.0. The Bertz CT molecular complexity index is 817. The Balaban J connectivity index is 1.94. The molecule has 1 aromatic heterocycles. The Morgan fingerprint density at radius 2 is 1.93 bits per heavy atom. The highest BCUT2D eigenvalue weighted by Gasteiger charge is 2.23. The minimum atomic E-state index is -0.238. The summed E-state index contributed by atoms with van der Waals surface area (Å²) < 4.78 is 2.43. The Morgan fingerprint density at radius 3 is 2.52 bits per heavy atom. The van der Waals surface area contributed by atoms with E-state index >= 15 is 0 Å². The van der Waals surface area contributed by atoms with E-state index in [1.54, 1.807) is 0 Å². The highest BCUT2D eigenvalue weighted by atomic mass is 16.3. The molecule has 3 rings (SSSR count). The molecule has 5 heteroatoms. The van der Waals surface area contributed by atoms with Crippen LogP contribution < -0.4 is 5.32 Å². The number of hydrogen-bond donors (Lipinski definition) is 2. The van der Waals surface area contributed by atoms with Crippen LogP contribution in [0.2, 0.25) is 0 Å². The minimum absolute atomic E-state index is 0.0551. The second-order valence-corrected chi connectivity index (χ2v) is 8.93. The number of fused-ring (bicyclic) bond motifs is 1. The van der Waals surface area contributed by atoms with Crippen LogP contribution in [0.3, 0.4) is 0 Å². The van der Waals surface area contributed by atoms with Crippen molar-refractivity contribution in [3.63, 3.8) is 0 Å². The number of nitrogens with one attached hydrogen (secondary N) is 1. The van der Waals surface area contributed by atoms with Gasteiger partial charge in [0.25, 0.3) is 5.91 Å². The van der Waals surface area contributed by atoms with Crippen LogP contribution in [0, 0.1) is 11.8 Å². The van der Waals surface area contributed by atoms with Gasteiger partial charge in [0.15, 0.2) is 0 Å². The van der Waals surface area contributed by atoms with Crippen LogP contribution in [-0.2, 0) is 6.42 Å². The molecule has 1 fully saturated rings. The molecule has 1 aliphatic carbocycles. The summed E-state index contributed by atoms with van der Waals surface area (Å²) in [6, 6.07) is 6.06. The van der Waals surface area contributed by atoms with Crippen molar-refractivity contribution < 1.29 is 9.90 Å². The van der Waals surface area contributed by atoms with Crippen molar-refractivity contribution in [1.82, 2.24) is 14.9 Å². The van der Waals surface area contributed by atoms with E-state index in [0.717, 1.165) is 36.2 Å². The first-order valence-electron chi connectivity index (χ1n) is 11.4. The van der Waals surface area contributed by atoms with Gasteiger partial charge in [-0.3, -0.25) is 4.79 Å². The van der Waals surface area contributed by atoms with E-state index in [2.05, 4.69) is 29.8 Å². The normalized spacial score (nSPS) is 16.2. The fourth-order valence-corrected chi connectivity index (χ4v) is 4.64. The third-order valence-electron chi connectivity index (χ3n) is 6.60. The third-order valence-corrected chi connectivity index (χ3v) is 6.60. The lowest BCUT2D eigenvalue weighted by Crippen LogP contribution is -2.41. The molecule has 0 radical (unpaired) electrons. The largest absolute Gasteiger partial charge is 0.394 e. The van der Waals surface area contributed by atoms with Crippen molar-refractivity contribution in [3.05, 3.63) is 29.6 Å². The molecule has 1 heterocycles. The van der Waals surface area contributed by atoms with Crippen LogP contribution >= 0.6 is 0 Å². The number of aliphatic hydroxyl groups is 1. The fourth-order valence-electron chi connectivity index (χ4n) is 4.64. The summed E-state index contributed by atoms with van der Waals surface area (Å²) in [6.07, 6.45) is 8.47. The molecule has 0 aliphatic heterocycles. The average molecular weight is 400 g/mol. The van der Waals surface area contributed by atoms with E-state index in [-0.39, 0.29) is 24.5 Å². The lowest BCUT2D eigenvalue weighted by atomic mass is 10.0. The molecule has 1 amide bonds. The summed E-state index contributed by atoms with van der Waals surface area (Å²) >= 11 is 0. The van der Waals surface area contributed by atoms with Gasteiger partial charge in [0, 0.05) is 18.0 Å². The molecule has 5 nitrogen and oxygen atoms in total. The second kappa shape index (κ2) is 9.75. The summed E-state index contributed by atoms with van der Waals surface area (Å²) in [5.74, 6) is 1.95. The quantitative estimate of drug-likeness (QED) is 0.632. The summed E-state index contributed by atoms with van der Waals surface area (Å²) in [5, 5.41) is 12.5. The van der Waals surface area contributed by atoms with Crippen LogP contribution in [0.1, 0.15) is 88.4 Å². The lowest BCUT2D eigenvalue weighted by Gasteiger charge is -2.21. The highest BCUT2D eigenvalue weighted by molar-refractivity contribution is 5.97. The molecule has 29 heavy (non-hydrogen) atoms. The first-order valence-corrected chi connectivity index (χ1v) is 11.4. The van der Waals surface area contributed by atoms with Crippen molar-refractivity contribution in [2.45, 2.75) is 84.7 Å². The molecular weight excluding hydrogens is 362 g/mol. The summed E-state index contributed by atoms with van der Waals surface area (Å²) in [6.45, 7) is 8.42. The van der Waals surface area contributed by atoms with Gasteiger partial charge < -0.3 is 15.0 Å². The van der Waals surface area contributed by atoms with Crippen molar-refractivity contribution in [3.8, 4) is 0 Å². The van der Waals surface area contributed by atoms with Gasteiger partial charge in [-0.1, -0.05) is 53.4 Å². The monoisotopic (exact) mass is 399 g/mol. The zero-order valence-electron chi connectivity index (χ0n) is 18.4. The van der Waals surface area contributed by atoms with E-state index in [0.29, 0.717) is 11.6 Å². The molecule has 0 bridgehead atoms. The Hall–Kier alpha value is -1.88. The number of hydrogen-bond acceptors (Lipinski definition) is 3. The van der Waals surface area contributed by atoms with Crippen LogP contribution in [0.4, 0.5) is 0 Å². The maximum absolute atomic E-state index is 12.7. The summed E-state index contributed by atoms with van der Waals surface area (Å²) in [7, 11) is 0. The van der Waals surface area contributed by atoms with Crippen LogP contribution in [0.15, 0.2) is 18.2 Å². The molecule has 1 saturated carbocycles. The van der Waals surface area contributed by atoms with Crippen molar-refractivity contribution >= 4 is 16.9 Å². The SMILES string of the molecule is CCC(CC)n1c(CC2CCCC2)nc2cc(C(=O)N[C@H](CO)C(C)C)ccc21. The molecule has 160 valence electrons. The third kappa shape index (κ3) is 4.82. The summed E-state index contributed by atoms with van der Waals surface area (Å²) in [4.78, 5) is 17.7. The molecule has 2 aromatic rings. The standard InChI is InChI=1S/C24H37N3O2/c1-5-19(6-2)27-22-12-11-18(24(29)26-21(15-28)16(3)4)14-20(22)25-23(27)13-17-9-7-8-10-17/h11-12,14,16-17,19,21,28H,5-10,13,15H2,1-4H3,(H,26,29)/t21-/m1/s1. The van der Waals surface area contributed by atoms with E-state index in [1.807, 2.05) is 26.0 Å². The van der Waals surface area contributed by atoms with Gasteiger partial charge in [0.2, 0.25) is 0 Å². The van der Waals surface area contributed by atoms with Gasteiger partial charge in [-0.2, -0.15) is 0 Å². The van der Waals surface area contributed by atoms with Gasteiger partial charge in [0.1, 0.15) is 5.82 Å². The Morgan fingerprint density at radius 1 is 1.24 bits per heavy atom. The average Bonchev–Trinajstić information content (AvgIpc) is 3.34.